The predicted molar refractivity (Wildman–Crippen MR) is 106 cm³/mol. The maximum absolute atomic E-state index is 6.65. The molecule has 4 rings (SSSR count). The smallest absolute Gasteiger partial charge is 0.163 e. The fourth-order valence-corrected chi connectivity index (χ4v) is 4.53. The van der Waals surface area contributed by atoms with Crippen LogP contribution in [0.3, 0.4) is 0 Å². The Hall–Kier alpha value is -1.52. The number of hydrogen-bond acceptors (Lipinski definition) is 4. The first-order chi connectivity index (χ1) is 12.7. The lowest BCUT2D eigenvalue weighted by molar-refractivity contribution is 0.201. The third-order valence-corrected chi connectivity index (χ3v) is 5.95. The average molecular weight is 375 g/mol. The number of halogens is 1. The Morgan fingerprint density at radius 3 is 2.73 bits per heavy atom. The van der Waals surface area contributed by atoms with Crippen molar-refractivity contribution < 1.29 is 9.47 Å². The normalized spacial score (nSPS) is 18.3. The number of hydrogen-bond donors (Lipinski definition) is 0. The summed E-state index contributed by atoms with van der Waals surface area (Å²) in [4.78, 5) is 7.36. The van der Waals surface area contributed by atoms with Crippen molar-refractivity contribution in [3.63, 3.8) is 0 Å². The molecule has 1 aliphatic carbocycles. The number of aryl methyl sites for hydroxylation is 1. The van der Waals surface area contributed by atoms with E-state index in [1.165, 1.54) is 31.5 Å². The molecule has 1 aliphatic heterocycles. The summed E-state index contributed by atoms with van der Waals surface area (Å²) in [6.07, 6.45) is 5.81. The van der Waals surface area contributed by atoms with Gasteiger partial charge in [-0.1, -0.05) is 18.5 Å². The van der Waals surface area contributed by atoms with Crippen LogP contribution in [-0.4, -0.2) is 43.2 Å². The van der Waals surface area contributed by atoms with E-state index < -0.39 is 0 Å². The summed E-state index contributed by atoms with van der Waals surface area (Å²) in [6.45, 7) is 6.45. The largest absolute Gasteiger partial charge is 0.493 e. The van der Waals surface area contributed by atoms with Crippen LogP contribution in [0, 0.1) is 5.92 Å². The van der Waals surface area contributed by atoms with Crippen LogP contribution in [0.2, 0.25) is 5.02 Å². The zero-order valence-electron chi connectivity index (χ0n) is 15.7. The molecule has 2 heterocycles. The van der Waals surface area contributed by atoms with Crippen molar-refractivity contribution in [3.05, 3.63) is 28.4 Å². The summed E-state index contributed by atoms with van der Waals surface area (Å²) < 4.78 is 11.7. The summed E-state index contributed by atoms with van der Waals surface area (Å²) in [5, 5.41) is 1.79. The molecule has 1 atom stereocenters. The Kier molecular flexibility index (Phi) is 5.23. The highest BCUT2D eigenvalue weighted by Crippen LogP contribution is 2.39. The molecule has 0 radical (unpaired) electrons. The van der Waals surface area contributed by atoms with Crippen molar-refractivity contribution in [2.75, 3.05) is 33.4 Å². The van der Waals surface area contributed by atoms with E-state index in [2.05, 4.69) is 11.8 Å². The molecular formula is C21H27ClN2O2. The quantitative estimate of drug-likeness (QED) is 0.745. The highest BCUT2D eigenvalue weighted by Gasteiger charge is 2.21. The topological polar surface area (TPSA) is 34.6 Å². The van der Waals surface area contributed by atoms with Gasteiger partial charge in [0, 0.05) is 29.6 Å². The molecule has 0 spiro atoms. The van der Waals surface area contributed by atoms with Crippen LogP contribution in [-0.2, 0) is 12.8 Å². The van der Waals surface area contributed by atoms with Gasteiger partial charge in [-0.3, -0.25) is 4.98 Å². The zero-order chi connectivity index (χ0) is 18.1. The summed E-state index contributed by atoms with van der Waals surface area (Å²) in [5.74, 6) is 1.97. The van der Waals surface area contributed by atoms with Crippen molar-refractivity contribution >= 4 is 22.5 Å². The first-order valence-corrected chi connectivity index (χ1v) is 10.1. The van der Waals surface area contributed by atoms with Crippen LogP contribution in [0.25, 0.3) is 10.9 Å². The highest BCUT2D eigenvalue weighted by molar-refractivity contribution is 6.36. The van der Waals surface area contributed by atoms with Gasteiger partial charge in [-0.2, -0.15) is 0 Å². The van der Waals surface area contributed by atoms with Gasteiger partial charge < -0.3 is 14.4 Å². The molecule has 4 nitrogen and oxygen atoms in total. The minimum atomic E-state index is 0.477. The molecule has 2 aromatic rings. The maximum Gasteiger partial charge on any atom is 0.163 e. The number of aromatic nitrogens is 1. The molecule has 0 unspecified atom stereocenters. The molecule has 1 aromatic heterocycles. The van der Waals surface area contributed by atoms with Crippen LogP contribution in [0.4, 0.5) is 0 Å². The summed E-state index contributed by atoms with van der Waals surface area (Å²) in [6, 6.07) is 3.96. The van der Waals surface area contributed by atoms with Crippen LogP contribution < -0.4 is 9.47 Å². The average Bonchev–Trinajstić information content (AvgIpc) is 3.31. The van der Waals surface area contributed by atoms with E-state index >= 15 is 0 Å². The molecule has 1 fully saturated rings. The van der Waals surface area contributed by atoms with Gasteiger partial charge in [0.2, 0.25) is 0 Å². The second-order valence-electron chi connectivity index (χ2n) is 7.65. The lowest BCUT2D eigenvalue weighted by Crippen LogP contribution is -2.28. The maximum atomic E-state index is 6.65. The number of pyridine rings is 1. The van der Waals surface area contributed by atoms with E-state index in [1.54, 1.807) is 7.11 Å². The second-order valence-corrected chi connectivity index (χ2v) is 8.03. The van der Waals surface area contributed by atoms with Crippen LogP contribution in [0.1, 0.15) is 37.4 Å². The minimum absolute atomic E-state index is 0.477. The van der Waals surface area contributed by atoms with Crippen LogP contribution >= 0.6 is 11.6 Å². The number of ether oxygens (including phenoxy) is 2. The van der Waals surface area contributed by atoms with Gasteiger partial charge >= 0.3 is 0 Å². The van der Waals surface area contributed by atoms with E-state index in [1.807, 2.05) is 12.1 Å². The zero-order valence-corrected chi connectivity index (χ0v) is 16.4. The fraction of sp³-hybridized carbons (Fsp3) is 0.571. The van der Waals surface area contributed by atoms with Gasteiger partial charge in [0.25, 0.3) is 0 Å². The Labute approximate surface area is 160 Å². The van der Waals surface area contributed by atoms with Gasteiger partial charge in [-0.25, -0.2) is 0 Å². The summed E-state index contributed by atoms with van der Waals surface area (Å²) >= 11 is 6.65. The molecule has 2 aliphatic rings. The number of methoxy groups -OCH3 is 1. The standard InChI is InChI=1S/C21H27ClN2O2/c1-14(12-24-8-3-4-9-24)13-26-20-11-18-16(10-19(20)25-2)21(22)15-6-5-7-17(15)23-18/h10-11,14H,3-9,12-13H2,1-2H3/t14-/m1/s1. The third-order valence-electron chi connectivity index (χ3n) is 5.52. The Morgan fingerprint density at radius 1 is 1.15 bits per heavy atom. The van der Waals surface area contributed by atoms with Crippen molar-refractivity contribution in [1.29, 1.82) is 0 Å². The molecular weight excluding hydrogens is 348 g/mol. The molecule has 0 N–H and O–H groups in total. The molecule has 1 saturated heterocycles. The predicted octanol–water partition coefficient (Wildman–Crippen LogP) is 4.50. The van der Waals surface area contributed by atoms with Crippen molar-refractivity contribution in [2.45, 2.75) is 39.0 Å². The van der Waals surface area contributed by atoms with Gasteiger partial charge in [-0.15, -0.1) is 0 Å². The highest BCUT2D eigenvalue weighted by atomic mass is 35.5. The molecule has 1 aromatic carbocycles. The SMILES string of the molecule is COc1cc2c(Cl)c3c(nc2cc1OC[C@H](C)CN1CCCC1)CCC3. The van der Waals surface area contributed by atoms with Crippen molar-refractivity contribution in [1.82, 2.24) is 9.88 Å². The van der Waals surface area contributed by atoms with E-state index in [9.17, 15) is 0 Å². The first-order valence-electron chi connectivity index (χ1n) is 9.70. The van der Waals surface area contributed by atoms with E-state index in [0.29, 0.717) is 12.5 Å². The number of benzene rings is 1. The lowest BCUT2D eigenvalue weighted by atomic mass is 10.1. The van der Waals surface area contributed by atoms with E-state index in [4.69, 9.17) is 26.1 Å². The third kappa shape index (κ3) is 3.49. The van der Waals surface area contributed by atoms with Crippen molar-refractivity contribution in [3.8, 4) is 11.5 Å². The number of rotatable bonds is 6. The Bertz CT molecular complexity index is 802. The number of fused-ring (bicyclic) bond motifs is 2. The fourth-order valence-electron chi connectivity index (χ4n) is 4.18. The molecule has 0 saturated carbocycles. The van der Waals surface area contributed by atoms with Gasteiger partial charge in [-0.05, 0) is 56.8 Å². The first kappa shape index (κ1) is 17.9. The second kappa shape index (κ2) is 7.61. The van der Waals surface area contributed by atoms with Crippen LogP contribution in [0.15, 0.2) is 12.1 Å². The number of nitrogens with zero attached hydrogens (tertiary/aromatic N) is 2. The molecule has 26 heavy (non-hydrogen) atoms. The summed E-state index contributed by atoms with van der Waals surface area (Å²) in [7, 11) is 1.68. The monoisotopic (exact) mass is 374 g/mol. The van der Waals surface area contributed by atoms with E-state index in [-0.39, 0.29) is 0 Å². The van der Waals surface area contributed by atoms with Gasteiger partial charge in [0.1, 0.15) is 0 Å². The van der Waals surface area contributed by atoms with Gasteiger partial charge in [0.15, 0.2) is 11.5 Å². The van der Waals surface area contributed by atoms with Crippen molar-refractivity contribution in [2.24, 2.45) is 5.92 Å². The lowest BCUT2D eigenvalue weighted by Gasteiger charge is -2.21. The molecule has 140 valence electrons. The van der Waals surface area contributed by atoms with Gasteiger partial charge in [0.05, 0.1) is 24.3 Å². The number of likely N-dealkylation sites (tertiary alicyclic amines) is 1. The molecule has 0 amide bonds. The minimum Gasteiger partial charge on any atom is -0.493 e. The Balaban J connectivity index is 1.55. The Morgan fingerprint density at radius 2 is 1.96 bits per heavy atom. The van der Waals surface area contributed by atoms with E-state index in [0.717, 1.165) is 58.9 Å². The molecule has 5 heteroatoms. The summed E-state index contributed by atoms with van der Waals surface area (Å²) in [5.41, 5.74) is 3.24. The van der Waals surface area contributed by atoms with Crippen LogP contribution in [0.5, 0.6) is 11.5 Å². The molecule has 0 bridgehead atoms.